The van der Waals surface area contributed by atoms with Crippen LogP contribution in [0.1, 0.15) is 24.5 Å². The summed E-state index contributed by atoms with van der Waals surface area (Å²) in [6.45, 7) is 2.05. The topological polar surface area (TPSA) is 73.6 Å². The molecule has 1 heterocycles. The fourth-order valence-electron chi connectivity index (χ4n) is 2.09. The fraction of sp³-hybridized carbons (Fsp3) is 0.267. The molecule has 6 heteroatoms. The van der Waals surface area contributed by atoms with Crippen LogP contribution in [0.2, 0.25) is 0 Å². The van der Waals surface area contributed by atoms with Crippen molar-refractivity contribution in [2.45, 2.75) is 19.8 Å². The lowest BCUT2D eigenvalue weighted by Crippen LogP contribution is -2.06. The zero-order chi connectivity index (χ0) is 15.2. The van der Waals surface area contributed by atoms with Gasteiger partial charge >= 0.3 is 0 Å². The van der Waals surface area contributed by atoms with E-state index in [2.05, 4.69) is 27.5 Å². The molecule has 0 unspecified atom stereocenters. The highest BCUT2D eigenvalue weighted by Crippen LogP contribution is 2.27. The van der Waals surface area contributed by atoms with E-state index in [1.807, 2.05) is 6.07 Å². The Bertz CT molecular complexity index is 678. The molecule has 0 atom stereocenters. The maximum atomic E-state index is 13.6. The van der Waals surface area contributed by atoms with E-state index in [9.17, 15) is 4.39 Å². The summed E-state index contributed by atoms with van der Waals surface area (Å²) in [5.74, 6) is 0.755. The second-order valence-corrected chi connectivity index (χ2v) is 4.45. The average molecular weight is 285 g/mol. The Labute approximate surface area is 122 Å². The number of anilines is 3. The van der Waals surface area contributed by atoms with Crippen LogP contribution in [0, 0.1) is 17.1 Å². The van der Waals surface area contributed by atoms with Crippen LogP contribution >= 0.6 is 0 Å². The van der Waals surface area contributed by atoms with Gasteiger partial charge in [-0.2, -0.15) is 5.26 Å². The first-order valence-corrected chi connectivity index (χ1v) is 6.68. The minimum atomic E-state index is -0.553. The first-order chi connectivity index (χ1) is 10.2. The van der Waals surface area contributed by atoms with Gasteiger partial charge in [-0.1, -0.05) is 19.4 Å². The summed E-state index contributed by atoms with van der Waals surface area (Å²) >= 11 is 0. The molecular formula is C15H16FN5. The Morgan fingerprint density at radius 3 is 2.71 bits per heavy atom. The zero-order valence-electron chi connectivity index (χ0n) is 11.9. The molecule has 0 aliphatic carbocycles. The van der Waals surface area contributed by atoms with Gasteiger partial charge in [-0.15, -0.1) is 0 Å². The minimum Gasteiger partial charge on any atom is -0.373 e. The van der Waals surface area contributed by atoms with Gasteiger partial charge in [0, 0.05) is 12.6 Å². The number of hydrogen-bond acceptors (Lipinski definition) is 5. The quantitative estimate of drug-likeness (QED) is 0.882. The number of benzene rings is 1. The number of halogens is 1. The molecule has 0 amide bonds. The van der Waals surface area contributed by atoms with Crippen LogP contribution in [0.25, 0.3) is 0 Å². The first kappa shape index (κ1) is 14.7. The van der Waals surface area contributed by atoms with Gasteiger partial charge in [0.1, 0.15) is 35.4 Å². The molecule has 1 aromatic heterocycles. The molecule has 0 fully saturated rings. The predicted octanol–water partition coefficient (Wildman–Crippen LogP) is 3.23. The Morgan fingerprint density at radius 1 is 1.29 bits per heavy atom. The standard InChI is InChI=1S/C15H16FN5/c1-3-5-10-14(18-2)19-9-20-15(10)21-13-7-4-6-12(16)11(13)8-17/h4,6-7,9H,3,5H2,1-2H3,(H2,18,19,20,21). The van der Waals surface area contributed by atoms with E-state index in [1.54, 1.807) is 19.2 Å². The third kappa shape index (κ3) is 3.08. The number of nitriles is 1. The summed E-state index contributed by atoms with van der Waals surface area (Å²) < 4.78 is 13.6. The summed E-state index contributed by atoms with van der Waals surface area (Å²) in [6, 6.07) is 6.33. The summed E-state index contributed by atoms with van der Waals surface area (Å²) in [7, 11) is 1.79. The van der Waals surface area contributed by atoms with Crippen molar-refractivity contribution in [1.82, 2.24) is 9.97 Å². The molecule has 2 N–H and O–H groups in total. The maximum absolute atomic E-state index is 13.6. The normalized spacial score (nSPS) is 10.0. The maximum Gasteiger partial charge on any atom is 0.143 e. The van der Waals surface area contributed by atoms with Gasteiger partial charge in [0.05, 0.1) is 5.69 Å². The highest BCUT2D eigenvalue weighted by Gasteiger charge is 2.13. The highest BCUT2D eigenvalue weighted by molar-refractivity contribution is 5.69. The van der Waals surface area contributed by atoms with E-state index >= 15 is 0 Å². The summed E-state index contributed by atoms with van der Waals surface area (Å²) in [5, 5.41) is 15.1. The molecule has 0 bridgehead atoms. The van der Waals surface area contributed by atoms with Crippen molar-refractivity contribution in [3.05, 3.63) is 41.5 Å². The Hall–Kier alpha value is -2.68. The van der Waals surface area contributed by atoms with Gasteiger partial charge in [-0.3, -0.25) is 0 Å². The lowest BCUT2D eigenvalue weighted by atomic mass is 10.1. The van der Waals surface area contributed by atoms with Crippen LogP contribution < -0.4 is 10.6 Å². The van der Waals surface area contributed by atoms with Crippen LogP contribution in [0.4, 0.5) is 21.7 Å². The molecule has 0 aliphatic rings. The first-order valence-electron chi connectivity index (χ1n) is 6.68. The number of rotatable bonds is 5. The molecule has 0 saturated carbocycles. The summed E-state index contributed by atoms with van der Waals surface area (Å²) in [5.41, 5.74) is 1.29. The van der Waals surface area contributed by atoms with E-state index in [0.717, 1.165) is 24.2 Å². The van der Waals surface area contributed by atoms with Crippen molar-refractivity contribution in [2.75, 3.05) is 17.7 Å². The van der Waals surface area contributed by atoms with Gasteiger partial charge in [0.15, 0.2) is 0 Å². The van der Waals surface area contributed by atoms with Crippen LogP contribution in [0.5, 0.6) is 0 Å². The molecule has 1 aromatic carbocycles. The molecule has 0 aliphatic heterocycles. The SMILES string of the molecule is CCCc1c(NC)ncnc1Nc1cccc(F)c1C#N. The van der Waals surface area contributed by atoms with Gasteiger partial charge < -0.3 is 10.6 Å². The van der Waals surface area contributed by atoms with Crippen molar-refractivity contribution >= 4 is 17.3 Å². The highest BCUT2D eigenvalue weighted by atomic mass is 19.1. The van der Waals surface area contributed by atoms with Crippen molar-refractivity contribution in [3.63, 3.8) is 0 Å². The zero-order valence-corrected chi connectivity index (χ0v) is 11.9. The van der Waals surface area contributed by atoms with E-state index in [4.69, 9.17) is 5.26 Å². The third-order valence-electron chi connectivity index (χ3n) is 3.06. The molecule has 5 nitrogen and oxygen atoms in total. The molecule has 0 radical (unpaired) electrons. The van der Waals surface area contributed by atoms with Crippen LogP contribution in [-0.4, -0.2) is 17.0 Å². The van der Waals surface area contributed by atoms with Gasteiger partial charge in [-0.05, 0) is 18.6 Å². The van der Waals surface area contributed by atoms with Gasteiger partial charge in [0.25, 0.3) is 0 Å². The average Bonchev–Trinajstić information content (AvgIpc) is 2.49. The lowest BCUT2D eigenvalue weighted by Gasteiger charge is -2.14. The number of hydrogen-bond donors (Lipinski definition) is 2. The second-order valence-electron chi connectivity index (χ2n) is 4.45. The lowest BCUT2D eigenvalue weighted by molar-refractivity contribution is 0.624. The Kier molecular flexibility index (Phi) is 4.67. The second kappa shape index (κ2) is 6.66. The van der Waals surface area contributed by atoms with Crippen molar-refractivity contribution in [2.24, 2.45) is 0 Å². The summed E-state index contributed by atoms with van der Waals surface area (Å²) in [4.78, 5) is 8.39. The largest absolute Gasteiger partial charge is 0.373 e. The van der Waals surface area contributed by atoms with E-state index < -0.39 is 5.82 Å². The Morgan fingerprint density at radius 2 is 2.05 bits per heavy atom. The number of nitrogens with one attached hydrogen (secondary N) is 2. The number of aromatic nitrogens is 2. The molecular weight excluding hydrogens is 269 g/mol. The number of nitrogens with zero attached hydrogens (tertiary/aromatic N) is 3. The Balaban J connectivity index is 2.45. The minimum absolute atomic E-state index is 0.0235. The monoisotopic (exact) mass is 285 g/mol. The molecule has 0 saturated heterocycles. The molecule has 2 rings (SSSR count). The molecule has 21 heavy (non-hydrogen) atoms. The van der Waals surface area contributed by atoms with Gasteiger partial charge in [0.2, 0.25) is 0 Å². The van der Waals surface area contributed by atoms with E-state index in [0.29, 0.717) is 11.5 Å². The molecule has 2 aromatic rings. The van der Waals surface area contributed by atoms with Crippen LogP contribution in [0.3, 0.4) is 0 Å². The van der Waals surface area contributed by atoms with Crippen molar-refractivity contribution in [1.29, 1.82) is 5.26 Å². The van der Waals surface area contributed by atoms with E-state index in [1.165, 1.54) is 12.4 Å². The third-order valence-corrected chi connectivity index (χ3v) is 3.06. The predicted molar refractivity (Wildman–Crippen MR) is 80.0 cm³/mol. The summed E-state index contributed by atoms with van der Waals surface area (Å²) in [6.07, 6.45) is 3.13. The van der Waals surface area contributed by atoms with Crippen LogP contribution in [0.15, 0.2) is 24.5 Å². The van der Waals surface area contributed by atoms with Gasteiger partial charge in [-0.25, -0.2) is 14.4 Å². The smallest absolute Gasteiger partial charge is 0.143 e. The fourth-order valence-corrected chi connectivity index (χ4v) is 2.09. The molecule has 108 valence electrons. The van der Waals surface area contributed by atoms with Crippen molar-refractivity contribution in [3.8, 4) is 6.07 Å². The molecule has 0 spiro atoms. The van der Waals surface area contributed by atoms with Crippen molar-refractivity contribution < 1.29 is 4.39 Å². The van der Waals surface area contributed by atoms with Crippen LogP contribution in [-0.2, 0) is 6.42 Å². The van der Waals surface area contributed by atoms with E-state index in [-0.39, 0.29) is 5.56 Å².